The van der Waals surface area contributed by atoms with Crippen LogP contribution in [0.4, 0.5) is 0 Å². The molecule has 0 fully saturated rings. The van der Waals surface area contributed by atoms with Gasteiger partial charge in [-0.05, 0) is 93.2 Å². The van der Waals surface area contributed by atoms with Crippen LogP contribution in [0.5, 0.6) is 5.75 Å². The summed E-state index contributed by atoms with van der Waals surface area (Å²) >= 11 is 0. The van der Waals surface area contributed by atoms with Gasteiger partial charge in [0.25, 0.3) is 0 Å². The predicted molar refractivity (Wildman–Crippen MR) is 306 cm³/mol. The first-order valence-electron chi connectivity index (χ1n) is 28.1. The average Bonchev–Trinajstić information content (AvgIpc) is 3.44. The number of rotatable bonds is 38. The zero-order valence-electron chi connectivity index (χ0n) is 48.6. The average molecular weight is 1130 g/mol. The lowest BCUT2D eigenvalue weighted by Gasteiger charge is -2.27. The lowest BCUT2D eigenvalue weighted by molar-refractivity contribution is -0.157. The second-order valence-electron chi connectivity index (χ2n) is 21.7. The Balaban J connectivity index is 1.58. The maximum Gasteiger partial charge on any atom is 0.307 e. The Hall–Kier alpha value is -7.57. The van der Waals surface area contributed by atoms with Gasteiger partial charge in [-0.1, -0.05) is 117 Å². The molecular weight excluding hydrogens is 1050 g/mol. The molecule has 444 valence electrons. The van der Waals surface area contributed by atoms with Crippen molar-refractivity contribution in [2.75, 3.05) is 26.9 Å². The van der Waals surface area contributed by atoms with E-state index in [0.717, 1.165) is 16.7 Å². The van der Waals surface area contributed by atoms with Crippen molar-refractivity contribution in [3.63, 3.8) is 0 Å². The van der Waals surface area contributed by atoms with Crippen LogP contribution >= 0.6 is 0 Å². The van der Waals surface area contributed by atoms with Gasteiger partial charge in [0.05, 0.1) is 43.7 Å². The number of methoxy groups -OCH3 is 1. The monoisotopic (exact) mass is 1130 g/mol. The zero-order valence-corrected chi connectivity index (χ0v) is 48.6. The zero-order chi connectivity index (χ0) is 59.9. The van der Waals surface area contributed by atoms with E-state index in [1.54, 1.807) is 93.6 Å². The molecule has 0 spiro atoms. The molecular formula is C64H83N3O15. The molecule has 0 aliphatic rings. The van der Waals surface area contributed by atoms with Crippen molar-refractivity contribution in [2.24, 2.45) is 17.8 Å². The summed E-state index contributed by atoms with van der Waals surface area (Å²) in [5.74, 6) is -7.90. The number of benzene rings is 4. The number of amides is 3. The topological polar surface area (TPSA) is 245 Å². The highest BCUT2D eigenvalue weighted by Crippen LogP contribution is 2.23. The first kappa shape index (κ1) is 66.9. The number of ketones is 3. The Bertz CT molecular complexity index is 2640. The number of carbonyl (C=O) groups excluding carboxylic acids is 9. The third-order valence-corrected chi connectivity index (χ3v) is 12.9. The van der Waals surface area contributed by atoms with E-state index in [0.29, 0.717) is 37.6 Å². The minimum atomic E-state index is -1.37. The van der Waals surface area contributed by atoms with Crippen LogP contribution in [0.2, 0.25) is 0 Å². The van der Waals surface area contributed by atoms with Gasteiger partial charge >= 0.3 is 17.9 Å². The van der Waals surface area contributed by atoms with Gasteiger partial charge in [0.2, 0.25) is 17.7 Å². The molecule has 3 N–H and O–H groups in total. The molecule has 0 aliphatic carbocycles. The van der Waals surface area contributed by atoms with Crippen molar-refractivity contribution in [1.82, 2.24) is 16.0 Å². The largest absolute Gasteiger partial charge is 0.489 e. The quantitative estimate of drug-likeness (QED) is 0.0217. The molecule has 4 aromatic rings. The van der Waals surface area contributed by atoms with Crippen molar-refractivity contribution in [3.05, 3.63) is 138 Å². The summed E-state index contributed by atoms with van der Waals surface area (Å²) in [6.45, 7) is 11.1. The molecule has 5 atom stereocenters. The normalized spacial score (nSPS) is 13.1. The Morgan fingerprint density at radius 3 is 1.55 bits per heavy atom. The number of Topliss-reactive ketones (excluding diaryl/α,β-unsaturated/α-hetero) is 3. The van der Waals surface area contributed by atoms with Gasteiger partial charge in [0.1, 0.15) is 31.2 Å². The first-order valence-corrected chi connectivity index (χ1v) is 28.1. The smallest absolute Gasteiger partial charge is 0.307 e. The highest BCUT2D eigenvalue weighted by molar-refractivity contribution is 5.97. The van der Waals surface area contributed by atoms with Crippen molar-refractivity contribution in [2.45, 2.75) is 156 Å². The number of ether oxygens (including phenoxy) is 6. The number of esters is 3. The fourth-order valence-electron chi connectivity index (χ4n) is 8.70. The Kier molecular flexibility index (Phi) is 29.4. The molecule has 0 aliphatic heterocycles. The molecule has 0 saturated heterocycles. The summed E-state index contributed by atoms with van der Waals surface area (Å²) in [5.41, 5.74) is 2.19. The van der Waals surface area contributed by atoms with Gasteiger partial charge in [-0.15, -0.1) is 0 Å². The minimum Gasteiger partial charge on any atom is -0.489 e. The number of hydrogen-bond donors (Lipinski definition) is 3. The molecule has 82 heavy (non-hydrogen) atoms. The summed E-state index contributed by atoms with van der Waals surface area (Å²) in [5, 5.41) is 8.26. The van der Waals surface area contributed by atoms with Gasteiger partial charge in [0, 0.05) is 58.7 Å². The van der Waals surface area contributed by atoms with Gasteiger partial charge in [0.15, 0.2) is 17.3 Å². The van der Waals surface area contributed by atoms with Crippen LogP contribution < -0.4 is 20.7 Å². The van der Waals surface area contributed by atoms with Gasteiger partial charge in [-0.25, -0.2) is 0 Å². The van der Waals surface area contributed by atoms with Crippen molar-refractivity contribution in [1.29, 1.82) is 0 Å². The molecule has 0 unspecified atom stereocenters. The van der Waals surface area contributed by atoms with Crippen LogP contribution in [-0.2, 0) is 93.1 Å². The highest BCUT2D eigenvalue weighted by Gasteiger charge is 2.35. The molecule has 0 bridgehead atoms. The van der Waals surface area contributed by atoms with Crippen LogP contribution in [0.1, 0.15) is 128 Å². The van der Waals surface area contributed by atoms with Crippen molar-refractivity contribution < 1.29 is 71.6 Å². The predicted octanol–water partition coefficient (Wildman–Crippen LogP) is 8.27. The lowest BCUT2D eigenvalue weighted by atomic mass is 9.88. The van der Waals surface area contributed by atoms with Crippen molar-refractivity contribution in [3.8, 4) is 5.75 Å². The van der Waals surface area contributed by atoms with Gasteiger partial charge in [-0.3, -0.25) is 43.2 Å². The molecule has 18 heteroatoms. The summed E-state index contributed by atoms with van der Waals surface area (Å²) in [7, 11) is 1.54. The molecule has 0 radical (unpaired) electrons. The number of carbonyl (C=O) groups is 9. The highest BCUT2D eigenvalue weighted by atomic mass is 16.6. The molecule has 3 amide bonds. The standard InChI is InChI=1S/C64H83N3O15/c1-44(2)36-54(67-63(76)51(40-61(74)82-64(4,5)6)39-58(71)55(65-45(3)68)37-46-25-28-52(29-26-46)79-41-47-18-11-8-12-19-47)57(70)38-50(27-31-59(72)80-42-48-20-13-9-14-21-48)62(75)66-53(56(69)24-17-33-78-35-34-77-7)30-32-60(73)81-43-49-22-15-10-16-23-49/h8-16,18-23,25-26,28-29,44,50-51,53-55H,17,24,27,30-43H2,1-7H3,(H,65,68)(H,66,75)(H,67,76)/t50-,51+,53-,54-,55+/m1/s1. The van der Waals surface area contributed by atoms with Crippen LogP contribution in [0.25, 0.3) is 0 Å². The second-order valence-corrected chi connectivity index (χ2v) is 21.7. The number of hydrogen-bond acceptors (Lipinski definition) is 15. The summed E-state index contributed by atoms with van der Waals surface area (Å²) in [6, 6.07) is 31.1. The molecule has 0 heterocycles. The second kappa shape index (κ2) is 36.0. The molecule has 4 aromatic carbocycles. The lowest BCUT2D eigenvalue weighted by Crippen LogP contribution is -2.49. The Morgan fingerprint density at radius 2 is 1.01 bits per heavy atom. The maximum atomic E-state index is 14.7. The van der Waals surface area contributed by atoms with Gasteiger partial charge in [-0.2, -0.15) is 0 Å². The maximum absolute atomic E-state index is 14.7. The fourth-order valence-corrected chi connectivity index (χ4v) is 8.70. The van der Waals surface area contributed by atoms with E-state index in [1.165, 1.54) is 14.0 Å². The third kappa shape index (κ3) is 27.3. The van der Waals surface area contributed by atoms with E-state index in [1.807, 2.05) is 56.3 Å². The van der Waals surface area contributed by atoms with E-state index in [9.17, 15) is 43.2 Å². The van der Waals surface area contributed by atoms with E-state index in [-0.39, 0.29) is 70.7 Å². The van der Waals surface area contributed by atoms with Crippen LogP contribution in [0, 0.1) is 17.8 Å². The fraction of sp³-hybridized carbons (Fsp3) is 0.484. The molecule has 0 aromatic heterocycles. The minimum absolute atomic E-state index is 0.000371. The molecule has 4 rings (SSSR count). The third-order valence-electron chi connectivity index (χ3n) is 12.9. The van der Waals surface area contributed by atoms with Gasteiger partial charge < -0.3 is 44.4 Å². The Labute approximate surface area is 482 Å². The Morgan fingerprint density at radius 1 is 0.500 bits per heavy atom. The summed E-state index contributed by atoms with van der Waals surface area (Å²) in [6.07, 6.45) is -2.07. The van der Waals surface area contributed by atoms with Crippen LogP contribution in [0.3, 0.4) is 0 Å². The van der Waals surface area contributed by atoms with E-state index in [4.69, 9.17) is 28.4 Å². The van der Waals surface area contributed by atoms with Crippen LogP contribution in [-0.4, -0.2) is 104 Å². The van der Waals surface area contributed by atoms with Crippen molar-refractivity contribution >= 4 is 53.0 Å². The molecule has 0 saturated carbocycles. The summed E-state index contributed by atoms with van der Waals surface area (Å²) in [4.78, 5) is 124. The summed E-state index contributed by atoms with van der Waals surface area (Å²) < 4.78 is 33.1. The van der Waals surface area contributed by atoms with E-state index < -0.39 is 108 Å². The van der Waals surface area contributed by atoms with Crippen LogP contribution in [0.15, 0.2) is 115 Å². The first-order chi connectivity index (χ1) is 39.2. The van der Waals surface area contributed by atoms with E-state index >= 15 is 0 Å². The number of nitrogens with one attached hydrogen (secondary N) is 3. The molecule has 18 nitrogen and oxygen atoms in total. The van der Waals surface area contributed by atoms with E-state index in [2.05, 4.69) is 16.0 Å². The SMILES string of the molecule is COCCOCCCC(=O)[C@@H](CCC(=O)OCc1ccccc1)NC(=O)[C@H](CCC(=O)OCc1ccccc1)CC(=O)[C@@H](CC(C)C)NC(=O)[C@H](CC(=O)OC(C)(C)C)CC(=O)[C@H](Cc1ccc(OCc2ccccc2)cc1)NC(C)=O.